The molecule has 0 saturated heterocycles. The quantitative estimate of drug-likeness (QED) is 0.547. The molecule has 1 rings (SSSR count). The molecule has 1 heteroatoms. The second-order valence-corrected chi connectivity index (χ2v) is 3.44. The SMILES string of the molecule is C/C=C\C=C/c1cncc(C#CCCC)c1. The summed E-state index contributed by atoms with van der Waals surface area (Å²) >= 11 is 0. The lowest BCUT2D eigenvalue weighted by Gasteiger charge is -1.93. The molecule has 0 radical (unpaired) electrons. The van der Waals surface area contributed by atoms with E-state index in [2.05, 4.69) is 29.8 Å². The summed E-state index contributed by atoms with van der Waals surface area (Å²) in [4.78, 5) is 4.16. The van der Waals surface area contributed by atoms with Crippen molar-refractivity contribution in [1.29, 1.82) is 0 Å². The van der Waals surface area contributed by atoms with E-state index >= 15 is 0 Å². The van der Waals surface area contributed by atoms with Crippen molar-refractivity contribution in [3.05, 3.63) is 47.8 Å². The van der Waals surface area contributed by atoms with E-state index in [0.717, 1.165) is 24.0 Å². The third-order valence-electron chi connectivity index (χ3n) is 1.96. The van der Waals surface area contributed by atoms with Crippen LogP contribution in [0.5, 0.6) is 0 Å². The van der Waals surface area contributed by atoms with Crippen molar-refractivity contribution in [2.45, 2.75) is 26.7 Å². The van der Waals surface area contributed by atoms with Gasteiger partial charge in [-0.1, -0.05) is 43.1 Å². The number of rotatable bonds is 3. The highest BCUT2D eigenvalue weighted by Gasteiger charge is 1.89. The third kappa shape index (κ3) is 4.61. The Hall–Kier alpha value is -1.81. The van der Waals surface area contributed by atoms with Crippen LogP contribution in [0.25, 0.3) is 6.08 Å². The van der Waals surface area contributed by atoms with Gasteiger partial charge in [0, 0.05) is 24.4 Å². The number of unbranched alkanes of at least 4 members (excludes halogenated alkanes) is 1. The first-order valence-corrected chi connectivity index (χ1v) is 5.60. The maximum atomic E-state index is 4.16. The molecule has 0 saturated carbocycles. The molecule has 0 unspecified atom stereocenters. The van der Waals surface area contributed by atoms with Gasteiger partial charge in [0.25, 0.3) is 0 Å². The first kappa shape index (κ1) is 12.3. The topological polar surface area (TPSA) is 12.9 Å². The Kier molecular flexibility index (Phi) is 5.73. The van der Waals surface area contributed by atoms with Crippen LogP contribution in [0.3, 0.4) is 0 Å². The molecule has 0 aliphatic heterocycles. The van der Waals surface area contributed by atoms with E-state index in [1.54, 1.807) is 6.20 Å². The lowest BCUT2D eigenvalue weighted by Crippen LogP contribution is -1.80. The molecule has 16 heavy (non-hydrogen) atoms. The molecule has 0 fully saturated rings. The Balaban J connectivity index is 2.76. The van der Waals surface area contributed by atoms with E-state index in [4.69, 9.17) is 0 Å². The van der Waals surface area contributed by atoms with E-state index in [9.17, 15) is 0 Å². The molecule has 0 amide bonds. The summed E-state index contributed by atoms with van der Waals surface area (Å²) in [6.45, 7) is 4.12. The number of aromatic nitrogens is 1. The van der Waals surface area contributed by atoms with Crippen molar-refractivity contribution in [3.8, 4) is 11.8 Å². The fourth-order valence-electron chi connectivity index (χ4n) is 1.18. The molecule has 1 nitrogen and oxygen atoms in total. The molecular formula is C15H17N. The predicted molar refractivity (Wildman–Crippen MR) is 69.9 cm³/mol. The zero-order chi connectivity index (χ0) is 11.6. The summed E-state index contributed by atoms with van der Waals surface area (Å²) in [7, 11) is 0. The molecule has 1 aromatic rings. The van der Waals surface area contributed by atoms with Crippen molar-refractivity contribution in [2.24, 2.45) is 0 Å². The Morgan fingerprint density at radius 2 is 2.19 bits per heavy atom. The monoisotopic (exact) mass is 211 g/mol. The van der Waals surface area contributed by atoms with E-state index < -0.39 is 0 Å². The number of nitrogens with zero attached hydrogens (tertiary/aromatic N) is 1. The Bertz CT molecular complexity index is 430. The zero-order valence-electron chi connectivity index (χ0n) is 9.90. The van der Waals surface area contributed by atoms with Crippen LogP contribution in [-0.2, 0) is 0 Å². The molecule has 0 aliphatic rings. The first-order chi connectivity index (χ1) is 7.86. The summed E-state index contributed by atoms with van der Waals surface area (Å²) in [6, 6.07) is 2.05. The first-order valence-electron chi connectivity index (χ1n) is 5.60. The Morgan fingerprint density at radius 3 is 2.94 bits per heavy atom. The second-order valence-electron chi connectivity index (χ2n) is 3.44. The zero-order valence-corrected chi connectivity index (χ0v) is 9.90. The van der Waals surface area contributed by atoms with Crippen LogP contribution >= 0.6 is 0 Å². The van der Waals surface area contributed by atoms with Gasteiger partial charge in [-0.05, 0) is 25.0 Å². The number of hydrogen-bond donors (Lipinski definition) is 0. The van der Waals surface area contributed by atoms with Crippen LogP contribution in [-0.4, -0.2) is 4.98 Å². The van der Waals surface area contributed by atoms with Gasteiger partial charge in [-0.25, -0.2) is 0 Å². The van der Waals surface area contributed by atoms with Crippen LogP contribution < -0.4 is 0 Å². The van der Waals surface area contributed by atoms with Gasteiger partial charge in [-0.3, -0.25) is 4.98 Å². The van der Waals surface area contributed by atoms with E-state index in [1.165, 1.54) is 0 Å². The van der Waals surface area contributed by atoms with Gasteiger partial charge in [-0.15, -0.1) is 0 Å². The lowest BCUT2D eigenvalue weighted by molar-refractivity contribution is 0.983. The van der Waals surface area contributed by atoms with Gasteiger partial charge < -0.3 is 0 Å². The Morgan fingerprint density at radius 1 is 1.31 bits per heavy atom. The minimum absolute atomic E-state index is 0.943. The van der Waals surface area contributed by atoms with Crippen LogP contribution in [0.4, 0.5) is 0 Å². The molecule has 82 valence electrons. The van der Waals surface area contributed by atoms with Gasteiger partial charge in [0.2, 0.25) is 0 Å². The summed E-state index contributed by atoms with van der Waals surface area (Å²) in [5.74, 6) is 6.23. The summed E-state index contributed by atoms with van der Waals surface area (Å²) in [5.41, 5.74) is 2.07. The molecule has 0 N–H and O–H groups in total. The third-order valence-corrected chi connectivity index (χ3v) is 1.96. The standard InChI is InChI=1S/C15H17N/c1-3-5-7-9-14-11-15(13-16-12-14)10-8-6-4-2/h3,5,7,9,11-13H,4,6H2,1-2H3/b5-3-,9-7-. The molecule has 0 aromatic carbocycles. The van der Waals surface area contributed by atoms with E-state index in [0.29, 0.717) is 0 Å². The minimum atomic E-state index is 0.943. The fourth-order valence-corrected chi connectivity index (χ4v) is 1.18. The average molecular weight is 211 g/mol. The predicted octanol–water partition coefficient (Wildman–Crippen LogP) is 3.82. The highest BCUT2D eigenvalue weighted by Crippen LogP contribution is 2.04. The van der Waals surface area contributed by atoms with Crippen molar-refractivity contribution >= 4 is 6.08 Å². The summed E-state index contributed by atoms with van der Waals surface area (Å²) < 4.78 is 0. The van der Waals surface area contributed by atoms with E-state index in [1.807, 2.05) is 37.4 Å². The minimum Gasteiger partial charge on any atom is -0.263 e. The molecule has 0 atom stereocenters. The summed E-state index contributed by atoms with van der Waals surface area (Å²) in [5, 5.41) is 0. The van der Waals surface area contributed by atoms with Crippen LogP contribution in [0.15, 0.2) is 36.7 Å². The van der Waals surface area contributed by atoms with Gasteiger partial charge in [0.05, 0.1) is 0 Å². The fraction of sp³-hybridized carbons (Fsp3) is 0.267. The summed E-state index contributed by atoms with van der Waals surface area (Å²) in [6.07, 6.45) is 13.7. The maximum Gasteiger partial charge on any atom is 0.0434 e. The van der Waals surface area contributed by atoms with Gasteiger partial charge >= 0.3 is 0 Å². The van der Waals surface area contributed by atoms with Crippen molar-refractivity contribution in [3.63, 3.8) is 0 Å². The lowest BCUT2D eigenvalue weighted by atomic mass is 10.2. The van der Waals surface area contributed by atoms with Crippen molar-refractivity contribution < 1.29 is 0 Å². The molecule has 0 spiro atoms. The average Bonchev–Trinajstić information content (AvgIpc) is 2.30. The number of hydrogen-bond acceptors (Lipinski definition) is 1. The molecule has 0 aliphatic carbocycles. The van der Waals surface area contributed by atoms with Gasteiger partial charge in [-0.2, -0.15) is 0 Å². The number of pyridine rings is 1. The number of allylic oxidation sites excluding steroid dienone is 3. The highest BCUT2D eigenvalue weighted by atomic mass is 14.6. The molecule has 1 heterocycles. The van der Waals surface area contributed by atoms with Crippen molar-refractivity contribution in [2.75, 3.05) is 0 Å². The van der Waals surface area contributed by atoms with Gasteiger partial charge in [0.1, 0.15) is 0 Å². The maximum absolute atomic E-state index is 4.16. The molecule has 0 bridgehead atoms. The molecule has 1 aromatic heterocycles. The van der Waals surface area contributed by atoms with Crippen molar-refractivity contribution in [1.82, 2.24) is 4.98 Å². The normalized spacial score (nSPS) is 10.6. The van der Waals surface area contributed by atoms with Crippen LogP contribution in [0, 0.1) is 11.8 Å². The Labute approximate surface area is 97.9 Å². The highest BCUT2D eigenvalue weighted by molar-refractivity contribution is 5.52. The van der Waals surface area contributed by atoms with Crippen LogP contribution in [0.2, 0.25) is 0 Å². The van der Waals surface area contributed by atoms with Gasteiger partial charge in [0.15, 0.2) is 0 Å². The van der Waals surface area contributed by atoms with E-state index in [-0.39, 0.29) is 0 Å². The largest absolute Gasteiger partial charge is 0.263 e. The molecular weight excluding hydrogens is 194 g/mol. The second kappa shape index (κ2) is 7.48. The van der Waals surface area contributed by atoms with Crippen LogP contribution in [0.1, 0.15) is 37.8 Å². The smallest absolute Gasteiger partial charge is 0.0434 e.